The number of hydrogen-bond acceptors (Lipinski definition) is 3. The fraction of sp³-hybridized carbons (Fsp3) is 0.0667. The first-order chi connectivity index (χ1) is 9.20. The minimum absolute atomic E-state index is 0.659. The summed E-state index contributed by atoms with van der Waals surface area (Å²) in [6.45, 7) is 0. The van der Waals surface area contributed by atoms with Gasteiger partial charge in [0.1, 0.15) is 5.75 Å². The molecule has 0 saturated heterocycles. The van der Waals surface area contributed by atoms with Crippen molar-refractivity contribution in [3.8, 4) is 17.0 Å². The number of aliphatic carboxylic acids is 1. The lowest BCUT2D eigenvalue weighted by atomic mass is 10.1. The van der Waals surface area contributed by atoms with Crippen molar-refractivity contribution >= 4 is 12.0 Å². The molecule has 19 heavy (non-hydrogen) atoms. The van der Waals surface area contributed by atoms with Gasteiger partial charge < -0.3 is 9.84 Å². The molecule has 0 saturated carbocycles. The maximum absolute atomic E-state index is 10.5. The number of carbonyl (C=O) groups is 1. The number of nitrogens with zero attached hydrogens (tertiary/aromatic N) is 1. The molecule has 0 spiro atoms. The Balaban J connectivity index is 2.40. The normalized spacial score (nSPS) is 10.6. The number of methoxy groups -OCH3 is 1. The van der Waals surface area contributed by atoms with Gasteiger partial charge in [-0.1, -0.05) is 12.1 Å². The average Bonchev–Trinajstić information content (AvgIpc) is 2.45. The quantitative estimate of drug-likeness (QED) is 0.853. The van der Waals surface area contributed by atoms with Gasteiger partial charge in [-0.25, -0.2) is 4.79 Å². The largest absolute Gasteiger partial charge is 0.496 e. The molecule has 0 unspecified atom stereocenters. The average molecular weight is 255 g/mol. The van der Waals surface area contributed by atoms with Gasteiger partial charge in [0, 0.05) is 17.8 Å². The fourth-order valence-electron chi connectivity index (χ4n) is 1.71. The smallest absolute Gasteiger partial charge is 0.328 e. The molecule has 1 aromatic heterocycles. The highest BCUT2D eigenvalue weighted by molar-refractivity contribution is 5.85. The second-order valence-electron chi connectivity index (χ2n) is 3.85. The molecule has 0 fully saturated rings. The molecule has 4 nitrogen and oxygen atoms in total. The van der Waals surface area contributed by atoms with Gasteiger partial charge >= 0.3 is 5.97 Å². The van der Waals surface area contributed by atoms with Gasteiger partial charge in [0.25, 0.3) is 0 Å². The maximum Gasteiger partial charge on any atom is 0.328 e. The van der Waals surface area contributed by atoms with Crippen LogP contribution < -0.4 is 4.74 Å². The van der Waals surface area contributed by atoms with Crippen LogP contribution in [0.5, 0.6) is 5.75 Å². The zero-order valence-corrected chi connectivity index (χ0v) is 10.4. The van der Waals surface area contributed by atoms with Crippen molar-refractivity contribution < 1.29 is 14.6 Å². The van der Waals surface area contributed by atoms with E-state index in [0.717, 1.165) is 22.9 Å². The lowest BCUT2D eigenvalue weighted by Gasteiger charge is -2.08. The summed E-state index contributed by atoms with van der Waals surface area (Å²) in [5.74, 6) is -0.320. The van der Waals surface area contributed by atoms with E-state index in [1.54, 1.807) is 19.4 Å². The van der Waals surface area contributed by atoms with Gasteiger partial charge in [-0.15, -0.1) is 0 Å². The molecule has 1 aromatic carbocycles. The van der Waals surface area contributed by atoms with Gasteiger partial charge in [0.05, 0.1) is 12.8 Å². The maximum atomic E-state index is 10.5. The topological polar surface area (TPSA) is 59.4 Å². The summed E-state index contributed by atoms with van der Waals surface area (Å²) >= 11 is 0. The minimum atomic E-state index is -0.979. The van der Waals surface area contributed by atoms with Crippen LogP contribution in [-0.2, 0) is 4.79 Å². The third-order valence-corrected chi connectivity index (χ3v) is 2.58. The summed E-state index contributed by atoms with van der Waals surface area (Å²) in [6.07, 6.45) is 4.33. The van der Waals surface area contributed by atoms with Crippen LogP contribution >= 0.6 is 0 Å². The van der Waals surface area contributed by atoms with Crippen LogP contribution in [0.25, 0.3) is 17.3 Å². The van der Waals surface area contributed by atoms with E-state index in [-0.39, 0.29) is 0 Å². The van der Waals surface area contributed by atoms with E-state index < -0.39 is 5.97 Å². The second-order valence-corrected chi connectivity index (χ2v) is 3.85. The molecular formula is C15H13NO3. The highest BCUT2D eigenvalue weighted by atomic mass is 16.5. The van der Waals surface area contributed by atoms with Crippen molar-refractivity contribution in [3.63, 3.8) is 0 Å². The molecule has 0 radical (unpaired) electrons. The van der Waals surface area contributed by atoms with Crippen LogP contribution in [0.3, 0.4) is 0 Å². The van der Waals surface area contributed by atoms with Crippen LogP contribution in [0.1, 0.15) is 5.56 Å². The van der Waals surface area contributed by atoms with E-state index >= 15 is 0 Å². The van der Waals surface area contributed by atoms with Gasteiger partial charge in [-0.3, -0.25) is 4.98 Å². The van der Waals surface area contributed by atoms with E-state index in [0.29, 0.717) is 5.75 Å². The van der Waals surface area contributed by atoms with Crippen LogP contribution in [-0.4, -0.2) is 23.2 Å². The molecule has 4 heteroatoms. The van der Waals surface area contributed by atoms with Gasteiger partial charge in [0.2, 0.25) is 0 Å². The van der Waals surface area contributed by atoms with Crippen molar-refractivity contribution in [2.45, 2.75) is 0 Å². The third kappa shape index (κ3) is 3.19. The lowest BCUT2D eigenvalue weighted by Crippen LogP contribution is -1.91. The third-order valence-electron chi connectivity index (χ3n) is 2.58. The Hall–Kier alpha value is -2.62. The van der Waals surface area contributed by atoms with Crippen molar-refractivity contribution in [1.29, 1.82) is 0 Å². The number of pyridine rings is 1. The molecule has 1 N–H and O–H groups in total. The monoisotopic (exact) mass is 255 g/mol. The van der Waals surface area contributed by atoms with E-state index in [1.165, 1.54) is 6.08 Å². The van der Waals surface area contributed by atoms with Crippen molar-refractivity contribution in [2.75, 3.05) is 7.11 Å². The number of benzene rings is 1. The Morgan fingerprint density at radius 3 is 2.79 bits per heavy atom. The summed E-state index contributed by atoms with van der Waals surface area (Å²) < 4.78 is 5.33. The number of carboxylic acids is 1. The molecule has 0 atom stereocenters. The summed E-state index contributed by atoms with van der Waals surface area (Å²) in [5.41, 5.74) is 2.45. The SMILES string of the molecule is COc1cc(/C=C/C(=O)O)ccc1-c1ccccn1. The van der Waals surface area contributed by atoms with Crippen LogP contribution in [0.15, 0.2) is 48.7 Å². The van der Waals surface area contributed by atoms with Gasteiger partial charge in [0.15, 0.2) is 0 Å². The molecule has 2 aromatic rings. The van der Waals surface area contributed by atoms with Crippen LogP contribution in [0.4, 0.5) is 0 Å². The molecule has 0 aliphatic rings. The molecular weight excluding hydrogens is 242 g/mol. The molecule has 0 bridgehead atoms. The van der Waals surface area contributed by atoms with E-state index in [4.69, 9.17) is 9.84 Å². The van der Waals surface area contributed by atoms with Gasteiger partial charge in [-0.05, 0) is 35.9 Å². The minimum Gasteiger partial charge on any atom is -0.496 e. The van der Waals surface area contributed by atoms with Crippen LogP contribution in [0, 0.1) is 0 Å². The number of ether oxygens (including phenoxy) is 1. The lowest BCUT2D eigenvalue weighted by molar-refractivity contribution is -0.131. The standard InChI is InChI=1S/C15H13NO3/c1-19-14-10-11(6-8-15(17)18)5-7-12(14)13-4-2-3-9-16-13/h2-10H,1H3,(H,17,18)/b8-6+. The fourth-order valence-corrected chi connectivity index (χ4v) is 1.71. The molecule has 0 aliphatic heterocycles. The number of aromatic nitrogens is 1. The second kappa shape index (κ2) is 5.82. The number of rotatable bonds is 4. The first kappa shape index (κ1) is 12.8. The molecule has 2 rings (SSSR count). The van der Waals surface area contributed by atoms with Crippen molar-refractivity contribution in [3.05, 3.63) is 54.2 Å². The summed E-state index contributed by atoms with van der Waals surface area (Å²) in [5, 5.41) is 8.61. The molecule has 0 aliphatic carbocycles. The Morgan fingerprint density at radius 1 is 1.32 bits per heavy atom. The first-order valence-corrected chi connectivity index (χ1v) is 5.71. The molecule has 0 amide bonds. The summed E-state index contributed by atoms with van der Waals surface area (Å²) in [7, 11) is 1.58. The highest BCUT2D eigenvalue weighted by Gasteiger charge is 2.06. The summed E-state index contributed by atoms with van der Waals surface area (Å²) in [6, 6.07) is 11.1. The van der Waals surface area contributed by atoms with Crippen molar-refractivity contribution in [2.24, 2.45) is 0 Å². The Bertz CT molecular complexity index is 606. The summed E-state index contributed by atoms with van der Waals surface area (Å²) in [4.78, 5) is 14.8. The predicted octanol–water partition coefficient (Wildman–Crippen LogP) is 2.86. The predicted molar refractivity (Wildman–Crippen MR) is 72.9 cm³/mol. The zero-order valence-electron chi connectivity index (χ0n) is 10.4. The Labute approximate surface area is 111 Å². The first-order valence-electron chi connectivity index (χ1n) is 5.71. The number of hydrogen-bond donors (Lipinski definition) is 1. The highest BCUT2D eigenvalue weighted by Crippen LogP contribution is 2.29. The van der Waals surface area contributed by atoms with Crippen molar-refractivity contribution in [1.82, 2.24) is 4.98 Å². The van der Waals surface area contributed by atoms with Gasteiger partial charge in [-0.2, -0.15) is 0 Å². The Kier molecular flexibility index (Phi) is 3.93. The van der Waals surface area contributed by atoms with E-state index in [2.05, 4.69) is 4.98 Å². The zero-order chi connectivity index (χ0) is 13.7. The molecule has 96 valence electrons. The molecule has 1 heterocycles. The Morgan fingerprint density at radius 2 is 2.16 bits per heavy atom. The van der Waals surface area contributed by atoms with E-state index in [9.17, 15) is 4.79 Å². The van der Waals surface area contributed by atoms with Crippen LogP contribution in [0.2, 0.25) is 0 Å². The van der Waals surface area contributed by atoms with E-state index in [1.807, 2.05) is 30.3 Å². The number of carboxylic acid groups (broad SMARTS) is 1.